The standard InChI is InChI=1S/C84H102F2N2O4/c1-49(2)47-83(20,21)56-37-64(74(89)72(43-56)87-68-39-52(79(8,9)10)25-29-60(68)61-30-26-53(40-69(61)87)80(11,12)13)66-45-58(85)35-50(3)76(66)91-33-24-34-92-77-51(4)36-59(86)46-67(77)65-38-57(84(22,23)48-78(5,6)7)44-73(75(65)90)88-70-41-54(81(14,15)16)27-31-62(70)63-32-28-55(42-71(63)88)82(17,18)19/h25-32,35-46,49,89-90H,24,33-34,47-48H2,1-23H3. The van der Waals surface area contributed by atoms with Gasteiger partial charge in [0.15, 0.2) is 0 Å². The first-order chi connectivity index (χ1) is 42.5. The van der Waals surface area contributed by atoms with Crippen molar-refractivity contribution in [1.82, 2.24) is 9.13 Å². The monoisotopic (exact) mass is 1240 g/mol. The van der Waals surface area contributed by atoms with Crippen molar-refractivity contribution in [3.8, 4) is 56.6 Å². The molecule has 2 aromatic heterocycles. The first-order valence-electron chi connectivity index (χ1n) is 33.3. The predicted octanol–water partition coefficient (Wildman–Crippen LogP) is 23.6. The number of phenols is 2. The van der Waals surface area contributed by atoms with Crippen molar-refractivity contribution in [2.24, 2.45) is 11.3 Å². The van der Waals surface area contributed by atoms with E-state index in [9.17, 15) is 10.2 Å². The Bertz CT molecular complexity index is 4350. The molecule has 10 aromatic rings. The summed E-state index contributed by atoms with van der Waals surface area (Å²) in [6, 6.07) is 41.1. The van der Waals surface area contributed by atoms with Gasteiger partial charge in [-0.05, 0) is 188 Å². The normalized spacial score (nSPS) is 13.2. The maximum absolute atomic E-state index is 16.3. The van der Waals surface area contributed by atoms with Gasteiger partial charge in [0.25, 0.3) is 0 Å². The fraction of sp³-hybridized carbons (Fsp3) is 0.429. The lowest BCUT2D eigenvalue weighted by Gasteiger charge is -2.34. The number of aryl methyl sites for hydroxylation is 2. The lowest BCUT2D eigenvalue weighted by molar-refractivity contribution is 0.246. The molecule has 2 heterocycles. The highest BCUT2D eigenvalue weighted by Gasteiger charge is 2.34. The molecule has 0 unspecified atom stereocenters. The van der Waals surface area contributed by atoms with Crippen molar-refractivity contribution in [3.63, 3.8) is 0 Å². The van der Waals surface area contributed by atoms with Crippen LogP contribution in [0.2, 0.25) is 0 Å². The minimum atomic E-state index is -0.445. The van der Waals surface area contributed by atoms with E-state index < -0.39 is 11.6 Å². The molecule has 0 saturated carbocycles. The first kappa shape index (κ1) is 67.3. The Morgan fingerprint density at radius 1 is 0.391 bits per heavy atom. The number of aromatic hydroxyl groups is 2. The fourth-order valence-electron chi connectivity index (χ4n) is 14.4. The molecule has 0 bridgehead atoms. The summed E-state index contributed by atoms with van der Waals surface area (Å²) in [5.74, 6) is 0.429. The first-order valence-corrected chi connectivity index (χ1v) is 33.3. The maximum atomic E-state index is 16.3. The predicted molar refractivity (Wildman–Crippen MR) is 385 cm³/mol. The fourth-order valence-corrected chi connectivity index (χ4v) is 14.4. The van der Waals surface area contributed by atoms with E-state index >= 15 is 8.78 Å². The molecule has 0 atom stereocenters. The Kier molecular flexibility index (Phi) is 17.4. The third-order valence-corrected chi connectivity index (χ3v) is 19.0. The molecule has 6 nitrogen and oxygen atoms in total. The molecular weight excluding hydrogens is 1140 g/mol. The van der Waals surface area contributed by atoms with Crippen molar-refractivity contribution >= 4 is 43.6 Å². The summed E-state index contributed by atoms with van der Waals surface area (Å²) in [5, 5.41) is 30.7. The molecule has 0 aliphatic rings. The highest BCUT2D eigenvalue weighted by molar-refractivity contribution is 6.11. The molecule has 8 heteroatoms. The molecule has 0 aliphatic carbocycles. The van der Waals surface area contributed by atoms with E-state index in [4.69, 9.17) is 9.47 Å². The maximum Gasteiger partial charge on any atom is 0.147 e. The van der Waals surface area contributed by atoms with Gasteiger partial charge in [-0.2, -0.15) is 0 Å². The topological polar surface area (TPSA) is 68.8 Å². The Morgan fingerprint density at radius 3 is 1.00 bits per heavy atom. The molecule has 0 aliphatic heterocycles. The van der Waals surface area contributed by atoms with Crippen LogP contribution in [0, 0.1) is 36.8 Å². The third-order valence-electron chi connectivity index (χ3n) is 19.0. The second-order valence-electron chi connectivity index (χ2n) is 33.7. The van der Waals surface area contributed by atoms with E-state index in [1.165, 1.54) is 46.5 Å². The zero-order chi connectivity index (χ0) is 67.5. The quantitative estimate of drug-likeness (QED) is 0.100. The van der Waals surface area contributed by atoms with Gasteiger partial charge < -0.3 is 28.8 Å². The summed E-state index contributed by atoms with van der Waals surface area (Å²) in [6.07, 6.45) is 2.09. The number of phenolic OH excluding ortho intramolecular Hbond substituents is 2. The average molecular weight is 1240 g/mol. The van der Waals surface area contributed by atoms with Crippen molar-refractivity contribution in [2.75, 3.05) is 13.2 Å². The lowest BCUT2D eigenvalue weighted by Crippen LogP contribution is -2.25. The van der Waals surface area contributed by atoms with Crippen LogP contribution in [-0.4, -0.2) is 32.6 Å². The summed E-state index contributed by atoms with van der Waals surface area (Å²) < 4.78 is 50.7. The molecule has 0 spiro atoms. The van der Waals surface area contributed by atoms with Gasteiger partial charge in [0.1, 0.15) is 34.6 Å². The molecule has 0 fully saturated rings. The minimum Gasteiger partial charge on any atom is -0.505 e. The number of benzene rings is 8. The molecule has 0 radical (unpaired) electrons. The van der Waals surface area contributed by atoms with Crippen LogP contribution in [0.3, 0.4) is 0 Å². The number of nitrogens with zero attached hydrogens (tertiary/aromatic N) is 2. The van der Waals surface area contributed by atoms with Crippen molar-refractivity contribution in [1.29, 1.82) is 0 Å². The van der Waals surface area contributed by atoms with Gasteiger partial charge in [-0.1, -0.05) is 194 Å². The largest absolute Gasteiger partial charge is 0.505 e. The Balaban J connectivity index is 1.07. The van der Waals surface area contributed by atoms with Crippen LogP contribution in [0.25, 0.3) is 77.2 Å². The van der Waals surface area contributed by atoms with Gasteiger partial charge >= 0.3 is 0 Å². The summed E-state index contributed by atoms with van der Waals surface area (Å²) in [5.41, 5.74) is 13.4. The number of aromatic nitrogens is 2. The second kappa shape index (κ2) is 23.8. The van der Waals surface area contributed by atoms with E-state index in [1.807, 2.05) is 26.0 Å². The molecule has 2 N–H and O–H groups in total. The van der Waals surface area contributed by atoms with Crippen LogP contribution in [0.4, 0.5) is 8.78 Å². The number of fused-ring (bicyclic) bond motifs is 6. The minimum absolute atomic E-state index is 0.0180. The van der Waals surface area contributed by atoms with Crippen LogP contribution >= 0.6 is 0 Å². The molecule has 486 valence electrons. The van der Waals surface area contributed by atoms with E-state index in [2.05, 4.69) is 239 Å². The Labute approximate surface area is 548 Å². The highest BCUT2D eigenvalue weighted by atomic mass is 19.1. The number of ether oxygens (including phenoxy) is 2. The molecule has 92 heavy (non-hydrogen) atoms. The molecule has 8 aromatic carbocycles. The summed E-state index contributed by atoms with van der Waals surface area (Å²) >= 11 is 0. The number of hydrogen-bond donors (Lipinski definition) is 2. The number of halogens is 2. The molecular formula is C84H102F2N2O4. The summed E-state index contributed by atoms with van der Waals surface area (Å²) in [7, 11) is 0. The van der Waals surface area contributed by atoms with E-state index in [0.29, 0.717) is 68.6 Å². The zero-order valence-electron chi connectivity index (χ0n) is 59.5. The van der Waals surface area contributed by atoms with Gasteiger partial charge in [-0.15, -0.1) is 0 Å². The second-order valence-corrected chi connectivity index (χ2v) is 33.7. The van der Waals surface area contributed by atoms with E-state index in [0.717, 1.165) is 67.6 Å². The van der Waals surface area contributed by atoms with Crippen LogP contribution in [0.15, 0.2) is 121 Å². The van der Waals surface area contributed by atoms with Crippen LogP contribution in [0.1, 0.15) is 209 Å². The van der Waals surface area contributed by atoms with Gasteiger partial charge in [0.2, 0.25) is 0 Å². The van der Waals surface area contributed by atoms with Crippen LogP contribution < -0.4 is 9.47 Å². The van der Waals surface area contributed by atoms with Gasteiger partial charge in [0.05, 0.1) is 46.7 Å². The number of rotatable bonds is 15. The van der Waals surface area contributed by atoms with Crippen molar-refractivity contribution in [3.05, 3.63) is 177 Å². The molecule has 0 amide bonds. The summed E-state index contributed by atoms with van der Waals surface area (Å²) in [4.78, 5) is 0. The lowest BCUT2D eigenvalue weighted by atomic mass is 9.71. The van der Waals surface area contributed by atoms with Gasteiger partial charge in [0, 0.05) is 50.2 Å². The van der Waals surface area contributed by atoms with Crippen LogP contribution in [-0.2, 0) is 32.5 Å². The third kappa shape index (κ3) is 13.2. The van der Waals surface area contributed by atoms with Crippen LogP contribution in [0.5, 0.6) is 23.0 Å². The zero-order valence-corrected chi connectivity index (χ0v) is 59.5. The molecule has 0 saturated heterocycles. The SMILES string of the molecule is Cc1cc(F)cc(-c2cc(C(C)(C)CC(C)C)cc(-n3c4cc(C(C)(C)C)ccc4c4ccc(C(C)(C)C)cc43)c2O)c1OCCCOc1c(C)cc(F)cc1-c1cc(C(C)(C)CC(C)(C)C)cc(-n2c3cc(C(C)(C)C)ccc3c3ccc(C(C)(C)C)cc32)c1O. The highest BCUT2D eigenvalue weighted by Crippen LogP contribution is 2.51. The van der Waals surface area contributed by atoms with Crippen molar-refractivity contribution in [2.45, 2.75) is 211 Å². The Morgan fingerprint density at radius 2 is 0.707 bits per heavy atom. The van der Waals surface area contributed by atoms with E-state index in [-0.39, 0.29) is 62.6 Å². The number of hydrogen-bond acceptors (Lipinski definition) is 4. The van der Waals surface area contributed by atoms with Gasteiger partial charge in [-0.3, -0.25) is 0 Å². The Hall–Kier alpha value is -7.58. The smallest absolute Gasteiger partial charge is 0.147 e. The van der Waals surface area contributed by atoms with Gasteiger partial charge in [-0.25, -0.2) is 8.78 Å². The van der Waals surface area contributed by atoms with Crippen molar-refractivity contribution < 1.29 is 28.5 Å². The van der Waals surface area contributed by atoms with E-state index in [1.54, 1.807) is 0 Å². The molecule has 10 rings (SSSR count). The summed E-state index contributed by atoms with van der Waals surface area (Å²) in [6.45, 7) is 50.9. The average Bonchev–Trinajstić information content (AvgIpc) is 1.54.